The van der Waals surface area contributed by atoms with Crippen LogP contribution in [0.4, 0.5) is 0 Å². The van der Waals surface area contributed by atoms with Crippen LogP contribution in [0.5, 0.6) is 0 Å². The SMILES string of the molecule is O=C(O)/C=C1/CCC(=O)N(Cc2ccccc2)C1. The monoisotopic (exact) mass is 245 g/mol. The van der Waals surface area contributed by atoms with Gasteiger partial charge in [0.1, 0.15) is 0 Å². The second kappa shape index (κ2) is 5.49. The Balaban J connectivity index is 2.07. The maximum Gasteiger partial charge on any atom is 0.328 e. The predicted molar refractivity (Wildman–Crippen MR) is 66.8 cm³/mol. The second-order valence-corrected chi connectivity index (χ2v) is 4.38. The van der Waals surface area contributed by atoms with Crippen LogP contribution in [0, 0.1) is 0 Å². The van der Waals surface area contributed by atoms with Gasteiger partial charge in [-0.25, -0.2) is 4.79 Å². The first-order chi connectivity index (χ1) is 8.65. The number of hydrogen-bond donors (Lipinski definition) is 1. The van der Waals surface area contributed by atoms with Crippen LogP contribution in [-0.2, 0) is 16.1 Å². The van der Waals surface area contributed by atoms with Crippen molar-refractivity contribution in [2.75, 3.05) is 6.54 Å². The molecule has 18 heavy (non-hydrogen) atoms. The Morgan fingerprint density at radius 2 is 2.00 bits per heavy atom. The number of aliphatic carboxylic acids is 1. The summed E-state index contributed by atoms with van der Waals surface area (Å²) < 4.78 is 0. The van der Waals surface area contributed by atoms with Crippen molar-refractivity contribution in [3.8, 4) is 0 Å². The average molecular weight is 245 g/mol. The Kier molecular flexibility index (Phi) is 3.77. The van der Waals surface area contributed by atoms with E-state index in [4.69, 9.17) is 5.11 Å². The maximum atomic E-state index is 11.8. The summed E-state index contributed by atoms with van der Waals surface area (Å²) in [6, 6.07) is 9.71. The number of nitrogens with zero attached hydrogens (tertiary/aromatic N) is 1. The van der Waals surface area contributed by atoms with Gasteiger partial charge in [-0.3, -0.25) is 4.79 Å². The number of benzene rings is 1. The summed E-state index contributed by atoms with van der Waals surface area (Å²) in [5.74, 6) is -0.861. The number of likely N-dealkylation sites (tertiary alicyclic amines) is 1. The Labute approximate surface area is 106 Å². The van der Waals surface area contributed by atoms with Gasteiger partial charge >= 0.3 is 5.97 Å². The van der Waals surface area contributed by atoms with Crippen LogP contribution >= 0.6 is 0 Å². The van der Waals surface area contributed by atoms with E-state index in [1.54, 1.807) is 4.90 Å². The molecule has 0 spiro atoms. The van der Waals surface area contributed by atoms with Crippen molar-refractivity contribution in [2.24, 2.45) is 0 Å². The van der Waals surface area contributed by atoms with Crippen molar-refractivity contribution < 1.29 is 14.7 Å². The summed E-state index contributed by atoms with van der Waals surface area (Å²) in [6.45, 7) is 0.955. The predicted octanol–water partition coefficient (Wildman–Crippen LogP) is 1.82. The lowest BCUT2D eigenvalue weighted by Crippen LogP contribution is -2.36. The van der Waals surface area contributed by atoms with Crippen molar-refractivity contribution in [2.45, 2.75) is 19.4 Å². The maximum absolute atomic E-state index is 11.8. The first-order valence-corrected chi connectivity index (χ1v) is 5.89. The molecule has 1 saturated heterocycles. The largest absolute Gasteiger partial charge is 0.478 e. The first kappa shape index (κ1) is 12.4. The average Bonchev–Trinajstić information content (AvgIpc) is 2.34. The first-order valence-electron chi connectivity index (χ1n) is 5.89. The molecule has 4 nitrogen and oxygen atoms in total. The fourth-order valence-electron chi connectivity index (χ4n) is 2.08. The zero-order chi connectivity index (χ0) is 13.0. The Hall–Kier alpha value is -2.10. The molecule has 1 heterocycles. The molecule has 0 aliphatic carbocycles. The van der Waals surface area contributed by atoms with Crippen LogP contribution in [-0.4, -0.2) is 28.4 Å². The van der Waals surface area contributed by atoms with E-state index in [0.29, 0.717) is 25.9 Å². The molecule has 0 saturated carbocycles. The van der Waals surface area contributed by atoms with Crippen LogP contribution in [0.15, 0.2) is 42.0 Å². The van der Waals surface area contributed by atoms with Crippen LogP contribution in [0.1, 0.15) is 18.4 Å². The van der Waals surface area contributed by atoms with Crippen LogP contribution in [0.3, 0.4) is 0 Å². The fourth-order valence-corrected chi connectivity index (χ4v) is 2.08. The van der Waals surface area contributed by atoms with Crippen molar-refractivity contribution in [3.05, 3.63) is 47.5 Å². The van der Waals surface area contributed by atoms with Crippen LogP contribution < -0.4 is 0 Å². The number of carbonyl (C=O) groups excluding carboxylic acids is 1. The minimum absolute atomic E-state index is 0.0846. The Bertz CT molecular complexity index is 479. The molecule has 1 fully saturated rings. The number of hydrogen-bond acceptors (Lipinski definition) is 2. The second-order valence-electron chi connectivity index (χ2n) is 4.38. The van der Waals surface area contributed by atoms with Crippen LogP contribution in [0.2, 0.25) is 0 Å². The summed E-state index contributed by atoms with van der Waals surface area (Å²) >= 11 is 0. The van der Waals surface area contributed by atoms with Crippen molar-refractivity contribution in [1.82, 2.24) is 4.90 Å². The van der Waals surface area contributed by atoms with E-state index in [2.05, 4.69) is 0 Å². The third-order valence-electron chi connectivity index (χ3n) is 2.95. The summed E-state index contributed by atoms with van der Waals surface area (Å²) in [6.07, 6.45) is 2.16. The quantitative estimate of drug-likeness (QED) is 0.826. The molecule has 0 bridgehead atoms. The van der Waals surface area contributed by atoms with Crippen molar-refractivity contribution >= 4 is 11.9 Å². The normalized spacial score (nSPS) is 18.1. The number of carboxylic acids is 1. The van der Waals surface area contributed by atoms with Crippen LogP contribution in [0.25, 0.3) is 0 Å². The number of carbonyl (C=O) groups is 2. The lowest BCUT2D eigenvalue weighted by molar-refractivity contribution is -0.134. The van der Waals surface area contributed by atoms with E-state index in [1.165, 1.54) is 6.08 Å². The molecule has 0 aromatic heterocycles. The summed E-state index contributed by atoms with van der Waals surface area (Å²) in [4.78, 5) is 24.1. The molecule has 2 rings (SSSR count). The van der Waals surface area contributed by atoms with E-state index in [9.17, 15) is 9.59 Å². The molecule has 1 aromatic carbocycles. The molecule has 1 aromatic rings. The molecule has 1 N–H and O–H groups in total. The minimum atomic E-state index is -0.945. The number of carboxylic acid groups (broad SMARTS) is 1. The van der Waals surface area contributed by atoms with E-state index in [1.807, 2.05) is 30.3 Å². The standard InChI is InChI=1S/C14H15NO3/c16-13-7-6-12(8-14(17)18)10-15(13)9-11-4-2-1-3-5-11/h1-5,8H,6-7,9-10H2,(H,17,18)/b12-8-. The fraction of sp³-hybridized carbons (Fsp3) is 0.286. The summed E-state index contributed by atoms with van der Waals surface area (Å²) in [5.41, 5.74) is 1.86. The van der Waals surface area contributed by atoms with E-state index in [0.717, 1.165) is 11.1 Å². The van der Waals surface area contributed by atoms with Gasteiger partial charge in [0.25, 0.3) is 0 Å². The van der Waals surface area contributed by atoms with Gasteiger partial charge in [-0.1, -0.05) is 30.3 Å². The van der Waals surface area contributed by atoms with E-state index >= 15 is 0 Å². The molecule has 0 unspecified atom stereocenters. The summed E-state index contributed by atoms with van der Waals surface area (Å²) in [5, 5.41) is 8.73. The molecule has 0 radical (unpaired) electrons. The molecule has 1 aliphatic heterocycles. The van der Waals surface area contributed by atoms with Gasteiger partial charge in [0.05, 0.1) is 0 Å². The van der Waals surface area contributed by atoms with Gasteiger partial charge in [0.15, 0.2) is 0 Å². The topological polar surface area (TPSA) is 57.6 Å². The number of rotatable bonds is 3. The highest BCUT2D eigenvalue weighted by molar-refractivity contribution is 5.83. The number of amides is 1. The molecule has 1 aliphatic rings. The highest BCUT2D eigenvalue weighted by atomic mass is 16.4. The lowest BCUT2D eigenvalue weighted by atomic mass is 10.0. The van der Waals surface area contributed by atoms with Gasteiger partial charge in [-0.2, -0.15) is 0 Å². The molecule has 4 heteroatoms. The zero-order valence-electron chi connectivity index (χ0n) is 10.0. The lowest BCUT2D eigenvalue weighted by Gasteiger charge is -2.28. The van der Waals surface area contributed by atoms with Gasteiger partial charge in [0.2, 0.25) is 5.91 Å². The Morgan fingerprint density at radius 3 is 2.67 bits per heavy atom. The molecule has 1 amide bonds. The molecular formula is C14H15NO3. The Morgan fingerprint density at radius 1 is 1.28 bits per heavy atom. The third-order valence-corrected chi connectivity index (χ3v) is 2.95. The van der Waals surface area contributed by atoms with Crippen molar-refractivity contribution in [3.63, 3.8) is 0 Å². The smallest absolute Gasteiger partial charge is 0.328 e. The van der Waals surface area contributed by atoms with Gasteiger partial charge in [-0.05, 0) is 17.6 Å². The molecule has 0 atom stereocenters. The third kappa shape index (κ3) is 3.20. The highest BCUT2D eigenvalue weighted by Crippen LogP contribution is 2.18. The van der Waals surface area contributed by atoms with Crippen molar-refractivity contribution in [1.29, 1.82) is 0 Å². The number of piperidine rings is 1. The van der Waals surface area contributed by atoms with E-state index < -0.39 is 5.97 Å². The van der Waals surface area contributed by atoms with Gasteiger partial charge in [0, 0.05) is 25.6 Å². The zero-order valence-corrected chi connectivity index (χ0v) is 10.0. The van der Waals surface area contributed by atoms with E-state index in [-0.39, 0.29) is 5.91 Å². The van der Waals surface area contributed by atoms with Gasteiger partial charge < -0.3 is 10.0 Å². The highest BCUT2D eigenvalue weighted by Gasteiger charge is 2.21. The van der Waals surface area contributed by atoms with Gasteiger partial charge in [-0.15, -0.1) is 0 Å². The summed E-state index contributed by atoms with van der Waals surface area (Å²) in [7, 11) is 0. The minimum Gasteiger partial charge on any atom is -0.478 e. The molecular weight excluding hydrogens is 230 g/mol. The molecule has 94 valence electrons.